The Kier molecular flexibility index (Phi) is 7.82. The van der Waals surface area contributed by atoms with Gasteiger partial charge in [-0.05, 0) is 110 Å². The summed E-state index contributed by atoms with van der Waals surface area (Å²) < 4.78 is 13.0. The molecule has 9 heteroatoms. The average molecular weight is 623 g/mol. The first-order chi connectivity index (χ1) is 21.1. The van der Waals surface area contributed by atoms with Crippen LogP contribution in [0.4, 0.5) is 5.69 Å². The van der Waals surface area contributed by atoms with Gasteiger partial charge < -0.3 is 29.5 Å². The Morgan fingerprint density at radius 1 is 1.11 bits per heavy atom. The molecule has 5 aliphatic rings. The van der Waals surface area contributed by atoms with Crippen molar-refractivity contribution in [2.75, 3.05) is 44.8 Å². The van der Waals surface area contributed by atoms with Gasteiger partial charge in [-0.2, -0.15) is 0 Å². The molecule has 2 aromatic carbocycles. The summed E-state index contributed by atoms with van der Waals surface area (Å²) in [6, 6.07) is 11.4. The monoisotopic (exact) mass is 622 g/mol. The van der Waals surface area contributed by atoms with Crippen LogP contribution in [0, 0.1) is 17.8 Å². The van der Waals surface area contributed by atoms with E-state index in [4.69, 9.17) is 21.1 Å². The number of aliphatic carboxylic acids is 1. The zero-order valence-electron chi connectivity index (χ0n) is 25.5. The lowest BCUT2D eigenvalue weighted by atomic mass is 9.67. The van der Waals surface area contributed by atoms with Gasteiger partial charge in [0.05, 0.1) is 24.8 Å². The van der Waals surface area contributed by atoms with E-state index in [1.807, 2.05) is 6.07 Å². The molecule has 1 saturated carbocycles. The number of rotatable bonds is 1. The van der Waals surface area contributed by atoms with Crippen molar-refractivity contribution in [1.29, 1.82) is 0 Å². The number of carboxylic acids is 1. The molecule has 2 N–H and O–H groups in total. The Bertz CT molecular complexity index is 1450. The van der Waals surface area contributed by atoms with Crippen molar-refractivity contribution in [3.8, 4) is 5.75 Å². The molecule has 1 spiro atoms. The zero-order chi connectivity index (χ0) is 30.6. The largest absolute Gasteiger partial charge is 0.490 e. The standard InChI is InChI=1S/C35H43ClN2O6/c1-37-13-10-22-11-14-43-31(15-22)27-7-4-24(27)19-38-20-34(12-2-3-23-16-26(36)6-8-28(23)34)21-44-30-9-5-25(17-29(30)38)35(42,33(40)41)18-32(37)39/h5-6,8-9,16-17,22,24,27,31,42H,2-4,7,10-15,18-21H2,1H3,(H,40,41)/t22-,24-,27+,31-,34-,35-/m0/s1. The molecule has 3 heterocycles. The van der Waals surface area contributed by atoms with Gasteiger partial charge in [-0.15, -0.1) is 0 Å². The van der Waals surface area contributed by atoms with Gasteiger partial charge in [0.1, 0.15) is 5.75 Å². The van der Waals surface area contributed by atoms with Gasteiger partial charge in [0, 0.05) is 43.7 Å². The summed E-state index contributed by atoms with van der Waals surface area (Å²) in [6.45, 7) is 3.27. The summed E-state index contributed by atoms with van der Waals surface area (Å²) in [5.74, 6) is 0.219. The number of amides is 1. The van der Waals surface area contributed by atoms with E-state index in [9.17, 15) is 19.8 Å². The van der Waals surface area contributed by atoms with E-state index >= 15 is 0 Å². The highest BCUT2D eigenvalue weighted by atomic mass is 35.5. The first-order valence-electron chi connectivity index (χ1n) is 16.3. The van der Waals surface area contributed by atoms with Crippen molar-refractivity contribution >= 4 is 29.2 Å². The van der Waals surface area contributed by atoms with Crippen molar-refractivity contribution < 1.29 is 29.3 Å². The molecule has 2 fully saturated rings. The molecule has 0 unspecified atom stereocenters. The number of nitrogens with zero attached hydrogens (tertiary/aromatic N) is 2. The summed E-state index contributed by atoms with van der Waals surface area (Å²) in [4.78, 5) is 29.9. The van der Waals surface area contributed by atoms with Gasteiger partial charge in [0.2, 0.25) is 5.91 Å². The summed E-state index contributed by atoms with van der Waals surface area (Å²) in [7, 11) is 1.70. The van der Waals surface area contributed by atoms with E-state index < -0.39 is 18.0 Å². The summed E-state index contributed by atoms with van der Waals surface area (Å²) in [5.41, 5.74) is 0.895. The van der Waals surface area contributed by atoms with Crippen molar-refractivity contribution in [2.24, 2.45) is 17.8 Å². The third kappa shape index (κ3) is 5.27. The van der Waals surface area contributed by atoms with E-state index in [0.717, 1.165) is 75.2 Å². The third-order valence-corrected chi connectivity index (χ3v) is 11.6. The first kappa shape index (κ1) is 29.9. The highest BCUT2D eigenvalue weighted by Gasteiger charge is 2.47. The van der Waals surface area contributed by atoms with Crippen LogP contribution < -0.4 is 9.64 Å². The van der Waals surface area contributed by atoms with E-state index in [1.54, 1.807) is 30.1 Å². The predicted molar refractivity (Wildman–Crippen MR) is 167 cm³/mol. The Morgan fingerprint density at radius 2 is 1.98 bits per heavy atom. The van der Waals surface area contributed by atoms with Crippen LogP contribution in [0.15, 0.2) is 36.4 Å². The number of fused-ring (bicyclic) bond motifs is 7. The quantitative estimate of drug-likeness (QED) is 0.453. The lowest BCUT2D eigenvalue weighted by Gasteiger charge is -2.48. The Morgan fingerprint density at radius 3 is 2.77 bits per heavy atom. The second-order valence-corrected chi connectivity index (χ2v) is 14.5. The normalized spacial score (nSPS) is 33.8. The van der Waals surface area contributed by atoms with Crippen LogP contribution in [-0.2, 0) is 31.8 Å². The van der Waals surface area contributed by atoms with Gasteiger partial charge in [-0.3, -0.25) is 4.79 Å². The number of aliphatic hydroxyl groups is 1. The number of benzene rings is 2. The molecular weight excluding hydrogens is 580 g/mol. The maximum atomic E-state index is 13.3. The summed E-state index contributed by atoms with van der Waals surface area (Å²) in [5, 5.41) is 22.7. The molecule has 44 heavy (non-hydrogen) atoms. The smallest absolute Gasteiger partial charge is 0.340 e. The molecular formula is C35H43ClN2O6. The van der Waals surface area contributed by atoms with E-state index in [-0.39, 0.29) is 23.0 Å². The van der Waals surface area contributed by atoms with Crippen LogP contribution in [0.3, 0.4) is 0 Å². The maximum Gasteiger partial charge on any atom is 0.340 e. The molecule has 1 saturated heterocycles. The van der Waals surface area contributed by atoms with Gasteiger partial charge in [-0.25, -0.2) is 4.79 Å². The number of aryl methyl sites for hydroxylation is 1. The van der Waals surface area contributed by atoms with Crippen molar-refractivity contribution in [2.45, 2.75) is 74.9 Å². The van der Waals surface area contributed by atoms with Crippen LogP contribution in [-0.4, -0.2) is 73.0 Å². The first-order valence-corrected chi connectivity index (χ1v) is 16.7. The molecule has 6 atom stereocenters. The van der Waals surface area contributed by atoms with Gasteiger partial charge in [0.25, 0.3) is 0 Å². The molecule has 0 aromatic heterocycles. The Hall–Kier alpha value is -2.81. The number of anilines is 1. The predicted octanol–water partition coefficient (Wildman–Crippen LogP) is 5.16. The van der Waals surface area contributed by atoms with E-state index in [2.05, 4.69) is 17.0 Å². The summed E-state index contributed by atoms with van der Waals surface area (Å²) >= 11 is 6.43. The molecule has 8 nitrogen and oxygen atoms in total. The minimum absolute atomic E-state index is 0.198. The minimum atomic E-state index is -2.36. The van der Waals surface area contributed by atoms with Crippen molar-refractivity contribution in [3.05, 3.63) is 58.1 Å². The van der Waals surface area contributed by atoms with Crippen molar-refractivity contribution in [3.63, 3.8) is 0 Å². The van der Waals surface area contributed by atoms with Crippen LogP contribution in [0.1, 0.15) is 68.1 Å². The molecule has 0 radical (unpaired) electrons. The zero-order valence-corrected chi connectivity index (χ0v) is 26.2. The third-order valence-electron chi connectivity index (χ3n) is 11.4. The number of hydrogen-bond acceptors (Lipinski definition) is 6. The number of halogens is 1. The van der Waals surface area contributed by atoms with Gasteiger partial charge >= 0.3 is 5.97 Å². The van der Waals surface area contributed by atoms with Crippen LogP contribution in [0.25, 0.3) is 0 Å². The molecule has 1 amide bonds. The van der Waals surface area contributed by atoms with Crippen LogP contribution in [0.5, 0.6) is 5.75 Å². The lowest BCUT2D eigenvalue weighted by Crippen LogP contribution is -2.50. The lowest BCUT2D eigenvalue weighted by molar-refractivity contribution is -0.164. The fraction of sp³-hybridized carbons (Fsp3) is 0.600. The highest BCUT2D eigenvalue weighted by Crippen LogP contribution is 2.48. The summed E-state index contributed by atoms with van der Waals surface area (Å²) in [6.07, 6.45) is 7.75. The number of hydrogen-bond donors (Lipinski definition) is 2. The second-order valence-electron chi connectivity index (χ2n) is 14.0. The number of carbonyl (C=O) groups is 2. The Balaban J connectivity index is 1.32. The number of carboxylic acid groups (broad SMARTS) is 1. The minimum Gasteiger partial charge on any atom is -0.490 e. The van der Waals surface area contributed by atoms with Gasteiger partial charge in [-0.1, -0.05) is 23.7 Å². The fourth-order valence-electron chi connectivity index (χ4n) is 8.58. The molecule has 236 valence electrons. The molecule has 2 aromatic rings. The van der Waals surface area contributed by atoms with Gasteiger partial charge in [0.15, 0.2) is 5.60 Å². The average Bonchev–Trinajstić information content (AvgIpc) is 3.14. The van der Waals surface area contributed by atoms with Crippen LogP contribution in [0.2, 0.25) is 5.02 Å². The van der Waals surface area contributed by atoms with E-state index in [0.29, 0.717) is 43.2 Å². The van der Waals surface area contributed by atoms with Crippen molar-refractivity contribution in [1.82, 2.24) is 4.90 Å². The topological polar surface area (TPSA) is 99.5 Å². The molecule has 2 aliphatic carbocycles. The highest BCUT2D eigenvalue weighted by molar-refractivity contribution is 6.30. The van der Waals surface area contributed by atoms with Crippen LogP contribution >= 0.6 is 11.6 Å². The SMILES string of the molecule is CN1CC[C@H]2CCO[C@@H](C2)[C@@H]2CC[C@H]2CN2C[C@@]3(CCCc4cc(Cl)ccc43)COc3ccc(cc32)[C@](O)(C(=O)O)CC1=O. The number of carbonyl (C=O) groups excluding carboxylic acids is 1. The Labute approximate surface area is 264 Å². The number of ether oxygens (including phenoxy) is 2. The molecule has 7 rings (SSSR count). The fourth-order valence-corrected chi connectivity index (χ4v) is 8.78. The maximum absolute atomic E-state index is 13.3. The van der Waals surface area contributed by atoms with E-state index in [1.165, 1.54) is 11.1 Å². The molecule has 3 aliphatic heterocycles. The molecule has 4 bridgehead atoms. The second kappa shape index (κ2) is 11.5.